The summed E-state index contributed by atoms with van der Waals surface area (Å²) in [6.07, 6.45) is 2.27. The van der Waals surface area contributed by atoms with Crippen LogP contribution in [-0.4, -0.2) is 94.6 Å². The minimum atomic E-state index is -0.954. The van der Waals surface area contributed by atoms with Crippen molar-refractivity contribution in [2.75, 3.05) is 49.2 Å². The number of likely N-dealkylation sites (tertiary alicyclic amines) is 1. The molecular formula is C30H42N6O7. The first-order chi connectivity index (χ1) is 20.2. The van der Waals surface area contributed by atoms with Crippen LogP contribution in [0, 0.1) is 0 Å². The first-order valence-electron chi connectivity index (χ1n) is 14.6. The van der Waals surface area contributed by atoms with Crippen molar-refractivity contribution in [3.05, 3.63) is 24.5 Å². The van der Waals surface area contributed by atoms with Gasteiger partial charge in [-0.15, -0.1) is 4.90 Å². The van der Waals surface area contributed by atoms with E-state index < -0.39 is 23.4 Å². The number of nitrogens with zero attached hydrogens (tertiary/aromatic N) is 6. The van der Waals surface area contributed by atoms with Gasteiger partial charge in [0.15, 0.2) is 0 Å². The van der Waals surface area contributed by atoms with Gasteiger partial charge in [-0.05, 0) is 48.0 Å². The Balaban J connectivity index is 1.60. The lowest BCUT2D eigenvalue weighted by Crippen LogP contribution is -2.56. The van der Waals surface area contributed by atoms with E-state index in [1.54, 1.807) is 52.5 Å². The zero-order valence-corrected chi connectivity index (χ0v) is 26.1. The molecule has 0 bridgehead atoms. The van der Waals surface area contributed by atoms with Crippen molar-refractivity contribution in [1.29, 1.82) is 0 Å². The number of carbonyl (C=O) groups is 3. The maximum absolute atomic E-state index is 13.0. The molecule has 0 N–H and O–H groups in total. The zero-order chi connectivity index (χ0) is 31.4. The summed E-state index contributed by atoms with van der Waals surface area (Å²) in [7, 11) is 0. The molecule has 2 aliphatic heterocycles. The van der Waals surface area contributed by atoms with Crippen LogP contribution < -0.4 is 14.5 Å². The standard InChI is InChI=1S/C30H42N6O7/c1-8-9-25(37)35-18-22(19-35)41-21-14-23(33-24(15-21)34-10-12-40-13-11-34)20-16-31-26(32-17-20)36(27(38)42-29(2,3)4)28(39)43-30(5,6)7/h14-17,22H,8-13,18-19H2,1-7H3. The molecule has 43 heavy (non-hydrogen) atoms. The molecule has 0 unspecified atom stereocenters. The maximum Gasteiger partial charge on any atom is 0.427 e. The van der Waals surface area contributed by atoms with Crippen LogP contribution in [0.4, 0.5) is 21.4 Å². The molecule has 2 saturated heterocycles. The molecule has 4 heterocycles. The quantitative estimate of drug-likeness (QED) is 0.447. The molecule has 2 aromatic heterocycles. The van der Waals surface area contributed by atoms with Crippen LogP contribution in [0.1, 0.15) is 61.3 Å². The van der Waals surface area contributed by atoms with Gasteiger partial charge in [-0.25, -0.2) is 24.5 Å². The second-order valence-electron chi connectivity index (χ2n) is 12.5. The number of ether oxygens (including phenoxy) is 4. The topological polar surface area (TPSA) is 137 Å². The first kappa shape index (κ1) is 31.9. The van der Waals surface area contributed by atoms with Crippen LogP contribution in [0.2, 0.25) is 0 Å². The van der Waals surface area contributed by atoms with Crippen molar-refractivity contribution in [3.8, 4) is 17.0 Å². The lowest BCUT2D eigenvalue weighted by atomic mass is 10.1. The van der Waals surface area contributed by atoms with Crippen LogP contribution >= 0.6 is 0 Å². The van der Waals surface area contributed by atoms with Crippen LogP contribution in [0.15, 0.2) is 24.5 Å². The highest BCUT2D eigenvalue weighted by Crippen LogP contribution is 2.30. The monoisotopic (exact) mass is 598 g/mol. The van der Waals surface area contributed by atoms with Gasteiger partial charge < -0.3 is 28.7 Å². The number of carbonyl (C=O) groups excluding carboxylic acids is 3. The molecule has 0 aliphatic carbocycles. The third kappa shape index (κ3) is 8.76. The molecule has 0 saturated carbocycles. The number of amides is 3. The molecule has 0 atom stereocenters. The van der Waals surface area contributed by atoms with E-state index in [9.17, 15) is 14.4 Å². The fourth-order valence-corrected chi connectivity index (χ4v) is 4.36. The lowest BCUT2D eigenvalue weighted by molar-refractivity contribution is -0.140. The lowest BCUT2D eigenvalue weighted by Gasteiger charge is -2.39. The summed E-state index contributed by atoms with van der Waals surface area (Å²) in [5, 5.41) is 0. The Morgan fingerprint density at radius 3 is 2.07 bits per heavy atom. The van der Waals surface area contributed by atoms with E-state index in [0.717, 1.165) is 6.42 Å². The Labute approximate surface area is 252 Å². The van der Waals surface area contributed by atoms with E-state index in [1.807, 2.05) is 13.0 Å². The Morgan fingerprint density at radius 2 is 1.53 bits per heavy atom. The summed E-state index contributed by atoms with van der Waals surface area (Å²) in [4.78, 5) is 56.2. The molecule has 13 nitrogen and oxygen atoms in total. The predicted octanol–water partition coefficient (Wildman–Crippen LogP) is 4.44. The van der Waals surface area contributed by atoms with Crippen molar-refractivity contribution < 1.29 is 33.3 Å². The van der Waals surface area contributed by atoms with Crippen molar-refractivity contribution in [1.82, 2.24) is 19.9 Å². The number of aromatic nitrogens is 3. The second kappa shape index (κ2) is 13.1. The third-order valence-electron chi connectivity index (χ3n) is 6.37. The van der Waals surface area contributed by atoms with Gasteiger partial charge in [0.2, 0.25) is 11.9 Å². The number of imide groups is 1. The van der Waals surface area contributed by atoms with E-state index in [1.165, 1.54) is 12.4 Å². The molecule has 4 rings (SSSR count). The summed E-state index contributed by atoms with van der Waals surface area (Å²) in [6.45, 7) is 15.7. The highest BCUT2D eigenvalue weighted by molar-refractivity contribution is 6.08. The summed E-state index contributed by atoms with van der Waals surface area (Å²) < 4.78 is 22.6. The van der Waals surface area contributed by atoms with Gasteiger partial charge in [-0.2, -0.15) is 0 Å². The smallest absolute Gasteiger partial charge is 0.427 e. The van der Waals surface area contributed by atoms with Crippen LogP contribution in [0.25, 0.3) is 11.3 Å². The number of hydrogen-bond acceptors (Lipinski definition) is 11. The van der Waals surface area contributed by atoms with Crippen molar-refractivity contribution in [2.24, 2.45) is 0 Å². The normalized spacial score (nSPS) is 15.9. The van der Waals surface area contributed by atoms with Gasteiger partial charge >= 0.3 is 12.2 Å². The van der Waals surface area contributed by atoms with E-state index >= 15 is 0 Å². The van der Waals surface area contributed by atoms with Gasteiger partial charge in [0.05, 0.1) is 32.0 Å². The highest BCUT2D eigenvalue weighted by atomic mass is 16.6. The van der Waals surface area contributed by atoms with Gasteiger partial charge in [-0.3, -0.25) is 4.79 Å². The van der Waals surface area contributed by atoms with Crippen molar-refractivity contribution >= 4 is 29.9 Å². The van der Waals surface area contributed by atoms with Crippen LogP contribution in [0.3, 0.4) is 0 Å². The van der Waals surface area contributed by atoms with Crippen LogP contribution in [0.5, 0.6) is 5.75 Å². The van der Waals surface area contributed by atoms with Gasteiger partial charge in [0.1, 0.15) is 28.9 Å². The third-order valence-corrected chi connectivity index (χ3v) is 6.37. The van der Waals surface area contributed by atoms with Gasteiger partial charge in [0, 0.05) is 49.6 Å². The number of morpholine rings is 1. The summed E-state index contributed by atoms with van der Waals surface area (Å²) in [6, 6.07) is 3.67. The fraction of sp³-hybridized carbons (Fsp3) is 0.600. The molecular weight excluding hydrogens is 556 g/mol. The molecule has 13 heteroatoms. The number of pyridine rings is 1. The molecule has 2 fully saturated rings. The summed E-state index contributed by atoms with van der Waals surface area (Å²) >= 11 is 0. The molecule has 0 radical (unpaired) electrons. The van der Waals surface area contributed by atoms with Crippen molar-refractivity contribution in [3.63, 3.8) is 0 Å². The Kier molecular flexibility index (Phi) is 9.73. The van der Waals surface area contributed by atoms with Gasteiger partial charge in [0.25, 0.3) is 0 Å². The molecule has 2 aliphatic rings. The zero-order valence-electron chi connectivity index (χ0n) is 26.1. The predicted molar refractivity (Wildman–Crippen MR) is 159 cm³/mol. The Hall–Kier alpha value is -4.00. The van der Waals surface area contributed by atoms with Gasteiger partial charge in [-0.1, -0.05) is 6.92 Å². The minimum absolute atomic E-state index is 0.122. The van der Waals surface area contributed by atoms with Crippen LogP contribution in [-0.2, 0) is 19.0 Å². The summed E-state index contributed by atoms with van der Waals surface area (Å²) in [5.41, 5.74) is -0.633. The second-order valence-corrected chi connectivity index (χ2v) is 12.5. The number of hydrogen-bond donors (Lipinski definition) is 0. The fourth-order valence-electron chi connectivity index (χ4n) is 4.36. The maximum atomic E-state index is 13.0. The Morgan fingerprint density at radius 1 is 0.953 bits per heavy atom. The van der Waals surface area contributed by atoms with E-state index in [0.29, 0.717) is 73.5 Å². The Bertz CT molecular complexity index is 1270. The van der Waals surface area contributed by atoms with Crippen molar-refractivity contribution in [2.45, 2.75) is 78.6 Å². The number of rotatable bonds is 7. The number of anilines is 2. The largest absolute Gasteiger partial charge is 0.487 e. The summed E-state index contributed by atoms with van der Waals surface area (Å²) in [5.74, 6) is 1.25. The molecule has 2 aromatic rings. The molecule has 0 aromatic carbocycles. The first-order valence-corrected chi connectivity index (χ1v) is 14.6. The average Bonchev–Trinajstić information content (AvgIpc) is 2.89. The molecule has 234 valence electrons. The van der Waals surface area contributed by atoms with E-state index in [4.69, 9.17) is 23.9 Å². The highest BCUT2D eigenvalue weighted by Gasteiger charge is 2.35. The average molecular weight is 599 g/mol. The van der Waals surface area contributed by atoms with E-state index in [-0.39, 0.29) is 18.0 Å². The minimum Gasteiger partial charge on any atom is -0.487 e. The molecule has 0 spiro atoms. The molecule has 3 amide bonds. The van der Waals surface area contributed by atoms with E-state index in [2.05, 4.69) is 14.9 Å². The SMILES string of the molecule is CCCC(=O)N1CC(Oc2cc(-c3cnc(N(C(=O)OC(C)(C)C)C(=O)OC(C)(C)C)nc3)nc(N3CCOCC3)c2)C1.